The molecule has 1 rings (SSSR count). The zero-order valence-corrected chi connectivity index (χ0v) is 57.4. The zero-order chi connectivity index (χ0) is 63.1. The molecule has 514 valence electrons. The molecule has 6 N–H and O–H groups in total. The highest BCUT2D eigenvalue weighted by Crippen LogP contribution is 2.27. The first kappa shape index (κ1) is 83.2. The van der Waals surface area contributed by atoms with Crippen molar-refractivity contribution in [3.05, 3.63) is 24.3 Å². The molecule has 0 aliphatic carbocycles. The summed E-state index contributed by atoms with van der Waals surface area (Å²) in [7, 11) is 0. The fourth-order valence-electron chi connectivity index (χ4n) is 12.4. The predicted molar refractivity (Wildman–Crippen MR) is 366 cm³/mol. The van der Waals surface area contributed by atoms with E-state index in [1.54, 1.807) is 6.08 Å². The van der Waals surface area contributed by atoms with Gasteiger partial charge in [0.25, 0.3) is 0 Å². The van der Waals surface area contributed by atoms with Crippen LogP contribution < -0.4 is 5.32 Å². The summed E-state index contributed by atoms with van der Waals surface area (Å²) in [6.45, 7) is 5.85. The molecule has 87 heavy (non-hydrogen) atoms. The largest absolute Gasteiger partial charge is 0.454 e. The Morgan fingerprint density at radius 3 is 1.11 bits per heavy atom. The number of ether oxygens (including phenoxy) is 3. The van der Waals surface area contributed by atoms with Crippen molar-refractivity contribution in [2.45, 2.75) is 436 Å². The summed E-state index contributed by atoms with van der Waals surface area (Å²) in [6.07, 6.45) is 68.1. The molecular formula is C76H145NO10. The Morgan fingerprint density at radius 1 is 0.437 bits per heavy atom. The van der Waals surface area contributed by atoms with Crippen molar-refractivity contribution in [2.24, 2.45) is 0 Å². The maximum Gasteiger partial charge on any atom is 0.306 e. The minimum Gasteiger partial charge on any atom is -0.454 e. The molecule has 8 atom stereocenters. The van der Waals surface area contributed by atoms with Gasteiger partial charge in [-0.3, -0.25) is 9.59 Å². The van der Waals surface area contributed by atoms with Crippen molar-refractivity contribution in [3.63, 3.8) is 0 Å². The Labute approximate surface area is 537 Å². The number of allylic oxidation sites excluding steroid dienone is 3. The van der Waals surface area contributed by atoms with E-state index in [9.17, 15) is 35.1 Å². The van der Waals surface area contributed by atoms with Crippen LogP contribution in [0.5, 0.6) is 0 Å². The van der Waals surface area contributed by atoms with Crippen molar-refractivity contribution in [1.82, 2.24) is 5.32 Å². The third kappa shape index (κ3) is 51.4. The van der Waals surface area contributed by atoms with Gasteiger partial charge < -0.3 is 45.1 Å². The number of nitrogens with one attached hydrogen (secondary N) is 1. The third-order valence-corrected chi connectivity index (χ3v) is 18.4. The summed E-state index contributed by atoms with van der Waals surface area (Å²) in [5, 5.41) is 57.3. The second-order valence-corrected chi connectivity index (χ2v) is 26.7. The quantitative estimate of drug-likeness (QED) is 0.0195. The SMILES string of the molecule is CCCCCCCC/C=C/CCCCCCCCCCCCCCCCC(O)C(=O)NC(COC1OC(CO)C(O)C(O)C1OC(=O)CCCCCCCCCCCCCCCCCCCCCCCCC)C(O)/C=C/CCCCCCCCCCC. The van der Waals surface area contributed by atoms with Crippen LogP contribution >= 0.6 is 0 Å². The van der Waals surface area contributed by atoms with Crippen LogP contribution in [0, 0.1) is 0 Å². The second kappa shape index (κ2) is 64.3. The van der Waals surface area contributed by atoms with Crippen molar-refractivity contribution in [3.8, 4) is 0 Å². The predicted octanol–water partition coefficient (Wildman–Crippen LogP) is 20.0. The molecule has 0 bridgehead atoms. The van der Waals surface area contributed by atoms with Crippen LogP contribution in [0.15, 0.2) is 24.3 Å². The molecule has 0 spiro atoms. The molecule has 1 fully saturated rings. The van der Waals surface area contributed by atoms with E-state index in [4.69, 9.17) is 14.2 Å². The summed E-state index contributed by atoms with van der Waals surface area (Å²) in [4.78, 5) is 26.7. The first-order valence-corrected chi connectivity index (χ1v) is 38.1. The Kier molecular flexibility index (Phi) is 61.4. The monoisotopic (exact) mass is 1230 g/mol. The Bertz CT molecular complexity index is 1510. The molecule has 1 aliphatic rings. The zero-order valence-electron chi connectivity index (χ0n) is 57.4. The first-order chi connectivity index (χ1) is 42.7. The number of hydrogen-bond acceptors (Lipinski definition) is 10. The molecule has 11 nitrogen and oxygen atoms in total. The van der Waals surface area contributed by atoms with Gasteiger partial charge in [-0.05, 0) is 51.4 Å². The van der Waals surface area contributed by atoms with E-state index in [0.29, 0.717) is 19.3 Å². The molecule has 1 saturated heterocycles. The van der Waals surface area contributed by atoms with Gasteiger partial charge in [0.2, 0.25) is 5.91 Å². The van der Waals surface area contributed by atoms with E-state index < -0.39 is 67.4 Å². The normalized spacial score (nSPS) is 18.3. The van der Waals surface area contributed by atoms with Gasteiger partial charge >= 0.3 is 5.97 Å². The highest BCUT2D eigenvalue weighted by molar-refractivity contribution is 5.80. The van der Waals surface area contributed by atoms with Crippen molar-refractivity contribution < 1.29 is 49.3 Å². The number of unbranched alkanes of at least 4 members (excludes halogenated alkanes) is 51. The van der Waals surface area contributed by atoms with Crippen LogP contribution in [-0.2, 0) is 23.8 Å². The number of rotatable bonds is 67. The number of carbonyl (C=O) groups excluding carboxylic acids is 2. The molecule has 1 heterocycles. The highest BCUT2D eigenvalue weighted by atomic mass is 16.7. The molecular weight excluding hydrogens is 1090 g/mol. The molecule has 0 aromatic carbocycles. The standard InChI is InChI=1S/C76H145NO10/c1-4-7-10-13-16-19-22-24-26-28-30-32-34-36-37-39-41-43-45-48-51-54-57-60-63-69(80)75(84)77-67(68(79)62-59-56-53-50-47-21-18-15-12-9-6-3)66-85-76-74(73(83)72(82)70(65-78)86-76)87-71(81)64-61-58-55-52-49-46-44-42-40-38-35-33-31-29-27-25-23-20-17-14-11-8-5-2/h24,26,59,62,67-70,72-74,76,78-80,82-83H,4-23,25,27-58,60-61,63-66H2,1-3H3,(H,77,84)/b26-24+,62-59+. The summed E-state index contributed by atoms with van der Waals surface area (Å²) >= 11 is 0. The average molecular weight is 1230 g/mol. The molecule has 11 heteroatoms. The Balaban J connectivity index is 2.49. The van der Waals surface area contributed by atoms with E-state index in [2.05, 4.69) is 38.2 Å². The lowest BCUT2D eigenvalue weighted by molar-refractivity contribution is -0.305. The summed E-state index contributed by atoms with van der Waals surface area (Å²) in [5.41, 5.74) is 0. The summed E-state index contributed by atoms with van der Waals surface area (Å²) in [5.74, 6) is -1.17. The number of carbonyl (C=O) groups is 2. The maximum absolute atomic E-state index is 13.5. The lowest BCUT2D eigenvalue weighted by Gasteiger charge is -2.41. The van der Waals surface area contributed by atoms with Crippen molar-refractivity contribution in [1.29, 1.82) is 0 Å². The van der Waals surface area contributed by atoms with Gasteiger partial charge in [-0.15, -0.1) is 0 Å². The van der Waals surface area contributed by atoms with E-state index in [1.165, 1.54) is 283 Å². The third-order valence-electron chi connectivity index (χ3n) is 18.4. The van der Waals surface area contributed by atoms with Crippen LogP contribution in [-0.4, -0.2) is 99.6 Å². The van der Waals surface area contributed by atoms with Crippen molar-refractivity contribution >= 4 is 11.9 Å². The number of aliphatic hydroxyl groups excluding tert-OH is 5. The maximum atomic E-state index is 13.5. The fourth-order valence-corrected chi connectivity index (χ4v) is 12.4. The second-order valence-electron chi connectivity index (χ2n) is 26.7. The summed E-state index contributed by atoms with van der Waals surface area (Å²) in [6, 6.07) is -1.02. The van der Waals surface area contributed by atoms with Gasteiger partial charge in [0.1, 0.15) is 24.4 Å². The number of hydrogen-bond donors (Lipinski definition) is 6. The number of aliphatic hydroxyl groups is 5. The summed E-state index contributed by atoms with van der Waals surface area (Å²) < 4.78 is 17.7. The van der Waals surface area contributed by atoms with E-state index in [0.717, 1.165) is 57.8 Å². The molecule has 1 amide bonds. The van der Waals surface area contributed by atoms with E-state index in [1.807, 2.05) is 6.08 Å². The molecule has 1 aliphatic heterocycles. The van der Waals surface area contributed by atoms with Gasteiger partial charge in [0.05, 0.1) is 25.4 Å². The van der Waals surface area contributed by atoms with Crippen LogP contribution in [0.4, 0.5) is 0 Å². The minimum absolute atomic E-state index is 0.131. The van der Waals surface area contributed by atoms with Gasteiger partial charge in [-0.2, -0.15) is 0 Å². The first-order valence-electron chi connectivity index (χ1n) is 38.1. The highest BCUT2D eigenvalue weighted by Gasteiger charge is 2.47. The average Bonchev–Trinajstić information content (AvgIpc) is 1.30. The smallest absolute Gasteiger partial charge is 0.306 e. The van der Waals surface area contributed by atoms with E-state index >= 15 is 0 Å². The van der Waals surface area contributed by atoms with Gasteiger partial charge in [0.15, 0.2) is 12.4 Å². The fraction of sp³-hybridized carbons (Fsp3) is 0.921. The topological polar surface area (TPSA) is 175 Å². The van der Waals surface area contributed by atoms with Crippen LogP contribution in [0.1, 0.15) is 387 Å². The van der Waals surface area contributed by atoms with Gasteiger partial charge in [-0.1, -0.05) is 353 Å². The van der Waals surface area contributed by atoms with Crippen LogP contribution in [0.2, 0.25) is 0 Å². The number of esters is 1. The molecule has 0 aromatic heterocycles. The lowest BCUT2D eigenvalue weighted by atomic mass is 9.99. The Hall–Kier alpha value is -1.86. The molecule has 0 saturated carbocycles. The van der Waals surface area contributed by atoms with E-state index in [-0.39, 0.29) is 13.0 Å². The lowest BCUT2D eigenvalue weighted by Crippen LogP contribution is -2.61. The molecule has 0 aromatic rings. The minimum atomic E-state index is -1.61. The Morgan fingerprint density at radius 2 is 0.759 bits per heavy atom. The van der Waals surface area contributed by atoms with Crippen LogP contribution in [0.3, 0.4) is 0 Å². The number of amides is 1. The molecule has 0 radical (unpaired) electrons. The van der Waals surface area contributed by atoms with Gasteiger partial charge in [0, 0.05) is 6.42 Å². The van der Waals surface area contributed by atoms with Crippen molar-refractivity contribution in [2.75, 3.05) is 13.2 Å². The van der Waals surface area contributed by atoms with Gasteiger partial charge in [-0.25, -0.2) is 0 Å². The molecule has 8 unspecified atom stereocenters. The van der Waals surface area contributed by atoms with Crippen LogP contribution in [0.25, 0.3) is 0 Å².